The average Bonchev–Trinajstić information content (AvgIpc) is 2.91. The number of amides is 1. The molecule has 0 atom stereocenters. The summed E-state index contributed by atoms with van der Waals surface area (Å²) in [5, 5.41) is 3.30. The minimum Gasteiger partial charge on any atom is -0.383 e. The second-order valence-electron chi connectivity index (χ2n) is 5.72. The lowest BCUT2D eigenvalue weighted by molar-refractivity contribution is 0.0492. The maximum atomic E-state index is 12.6. The van der Waals surface area contributed by atoms with Gasteiger partial charge >= 0.3 is 0 Å². The number of nitrogens with zero attached hydrogens (tertiary/aromatic N) is 3. The molecular formula is C15H24N4O2. The van der Waals surface area contributed by atoms with Crippen LogP contribution in [0.25, 0.3) is 0 Å². The molecule has 116 valence electrons. The van der Waals surface area contributed by atoms with Crippen LogP contribution in [-0.2, 0) is 11.3 Å². The van der Waals surface area contributed by atoms with Gasteiger partial charge in [0.1, 0.15) is 5.69 Å². The van der Waals surface area contributed by atoms with Gasteiger partial charge in [-0.1, -0.05) is 0 Å². The van der Waals surface area contributed by atoms with Crippen LogP contribution in [0.1, 0.15) is 10.5 Å². The Labute approximate surface area is 125 Å². The van der Waals surface area contributed by atoms with Gasteiger partial charge < -0.3 is 19.5 Å². The third kappa shape index (κ3) is 3.12. The second kappa shape index (κ2) is 6.60. The summed E-state index contributed by atoms with van der Waals surface area (Å²) >= 11 is 0. The predicted molar refractivity (Wildman–Crippen MR) is 80.4 cm³/mol. The van der Waals surface area contributed by atoms with E-state index in [4.69, 9.17) is 4.74 Å². The summed E-state index contributed by atoms with van der Waals surface area (Å²) in [5.74, 6) is 0.141. The van der Waals surface area contributed by atoms with Crippen molar-refractivity contribution in [3.8, 4) is 0 Å². The Bertz CT molecular complexity index is 476. The van der Waals surface area contributed by atoms with Crippen molar-refractivity contribution in [3.63, 3.8) is 0 Å². The molecule has 0 unspecified atom stereocenters. The Balaban J connectivity index is 1.57. The van der Waals surface area contributed by atoms with Crippen LogP contribution in [0.3, 0.4) is 0 Å². The van der Waals surface area contributed by atoms with Gasteiger partial charge in [-0.15, -0.1) is 0 Å². The first-order valence-electron chi connectivity index (χ1n) is 7.67. The number of hydrogen-bond acceptors (Lipinski definition) is 4. The number of rotatable bonds is 5. The highest BCUT2D eigenvalue weighted by atomic mass is 16.5. The van der Waals surface area contributed by atoms with Crippen molar-refractivity contribution in [2.45, 2.75) is 12.6 Å². The lowest BCUT2D eigenvalue weighted by atomic mass is 10.1. The number of carbonyl (C=O) groups is 1. The van der Waals surface area contributed by atoms with Gasteiger partial charge in [0.25, 0.3) is 5.91 Å². The van der Waals surface area contributed by atoms with E-state index in [0.717, 1.165) is 51.5 Å². The molecule has 6 nitrogen and oxygen atoms in total. The lowest BCUT2D eigenvalue weighted by Gasteiger charge is -2.43. The van der Waals surface area contributed by atoms with Crippen molar-refractivity contribution in [3.05, 3.63) is 24.0 Å². The third-order valence-corrected chi connectivity index (χ3v) is 4.46. The normalized spacial score (nSPS) is 20.5. The van der Waals surface area contributed by atoms with E-state index in [1.807, 2.05) is 27.8 Å². The predicted octanol–water partition coefficient (Wildman–Crippen LogP) is -0.136. The second-order valence-corrected chi connectivity index (χ2v) is 5.72. The number of piperazine rings is 1. The fourth-order valence-electron chi connectivity index (χ4n) is 2.98. The van der Waals surface area contributed by atoms with E-state index in [9.17, 15) is 4.79 Å². The molecule has 1 amide bonds. The van der Waals surface area contributed by atoms with Gasteiger partial charge in [0.15, 0.2) is 0 Å². The summed E-state index contributed by atoms with van der Waals surface area (Å²) in [5.41, 5.74) is 0.769. The summed E-state index contributed by atoms with van der Waals surface area (Å²) in [4.78, 5) is 17.1. The first-order valence-corrected chi connectivity index (χ1v) is 7.67. The molecule has 0 aliphatic carbocycles. The van der Waals surface area contributed by atoms with Crippen LogP contribution < -0.4 is 5.32 Å². The number of carbonyl (C=O) groups excluding carboxylic acids is 1. The number of hydrogen-bond donors (Lipinski definition) is 1. The molecule has 0 spiro atoms. The van der Waals surface area contributed by atoms with Gasteiger partial charge in [-0.25, -0.2) is 0 Å². The van der Waals surface area contributed by atoms with Crippen molar-refractivity contribution in [2.75, 3.05) is 53.0 Å². The Morgan fingerprint density at radius 2 is 2.10 bits per heavy atom. The maximum Gasteiger partial charge on any atom is 0.270 e. The van der Waals surface area contributed by atoms with Gasteiger partial charge in [-0.3, -0.25) is 9.69 Å². The highest BCUT2D eigenvalue weighted by molar-refractivity contribution is 5.92. The van der Waals surface area contributed by atoms with E-state index in [0.29, 0.717) is 12.6 Å². The Kier molecular flexibility index (Phi) is 4.57. The molecule has 1 aromatic heterocycles. The smallest absolute Gasteiger partial charge is 0.270 e. The Hall–Kier alpha value is -1.37. The van der Waals surface area contributed by atoms with Crippen LogP contribution in [0.4, 0.5) is 0 Å². The van der Waals surface area contributed by atoms with Crippen LogP contribution in [0.5, 0.6) is 0 Å². The summed E-state index contributed by atoms with van der Waals surface area (Å²) in [6.45, 7) is 7.14. The van der Waals surface area contributed by atoms with E-state index in [1.165, 1.54) is 0 Å². The van der Waals surface area contributed by atoms with Crippen molar-refractivity contribution in [1.29, 1.82) is 0 Å². The molecule has 0 aromatic carbocycles. The Morgan fingerprint density at radius 3 is 2.71 bits per heavy atom. The molecule has 1 N–H and O–H groups in total. The zero-order chi connectivity index (χ0) is 14.7. The zero-order valence-electron chi connectivity index (χ0n) is 12.6. The minimum atomic E-state index is 0.141. The van der Waals surface area contributed by atoms with Gasteiger partial charge in [0.05, 0.1) is 6.61 Å². The largest absolute Gasteiger partial charge is 0.383 e. The van der Waals surface area contributed by atoms with E-state index >= 15 is 0 Å². The summed E-state index contributed by atoms with van der Waals surface area (Å²) in [6.07, 6.45) is 1.95. The SMILES string of the molecule is COCCn1cccc1C(=O)N1CCN(C2CNC2)CC1. The molecular weight excluding hydrogens is 268 g/mol. The summed E-state index contributed by atoms with van der Waals surface area (Å²) in [7, 11) is 1.68. The number of nitrogens with one attached hydrogen (secondary N) is 1. The maximum absolute atomic E-state index is 12.6. The van der Waals surface area contributed by atoms with Gasteiger partial charge in [-0.05, 0) is 12.1 Å². The van der Waals surface area contributed by atoms with Crippen molar-refractivity contribution >= 4 is 5.91 Å². The van der Waals surface area contributed by atoms with Crippen LogP contribution in [-0.4, -0.2) is 79.3 Å². The van der Waals surface area contributed by atoms with Crippen LogP contribution >= 0.6 is 0 Å². The van der Waals surface area contributed by atoms with E-state index in [1.54, 1.807) is 7.11 Å². The van der Waals surface area contributed by atoms with Gasteiger partial charge in [-0.2, -0.15) is 0 Å². The van der Waals surface area contributed by atoms with Crippen LogP contribution in [0.2, 0.25) is 0 Å². The van der Waals surface area contributed by atoms with E-state index < -0.39 is 0 Å². The molecule has 2 saturated heterocycles. The van der Waals surface area contributed by atoms with Crippen LogP contribution in [0, 0.1) is 0 Å². The monoisotopic (exact) mass is 292 g/mol. The average molecular weight is 292 g/mol. The molecule has 3 rings (SSSR count). The molecule has 2 fully saturated rings. The molecule has 1 aromatic rings. The van der Waals surface area contributed by atoms with Gasteiger partial charge in [0.2, 0.25) is 0 Å². The number of methoxy groups -OCH3 is 1. The number of aromatic nitrogens is 1. The first-order chi connectivity index (χ1) is 10.3. The topological polar surface area (TPSA) is 49.7 Å². The standard InChI is InChI=1S/C15H24N4O2/c1-21-10-9-18-4-2-3-14(18)15(20)19-7-5-17(6-8-19)13-11-16-12-13/h2-4,13,16H,5-12H2,1H3. The Morgan fingerprint density at radius 1 is 1.33 bits per heavy atom. The molecule has 0 bridgehead atoms. The number of ether oxygens (including phenoxy) is 1. The van der Waals surface area contributed by atoms with Gasteiger partial charge in [0, 0.05) is 65.2 Å². The van der Waals surface area contributed by atoms with Crippen molar-refractivity contribution in [1.82, 2.24) is 19.7 Å². The lowest BCUT2D eigenvalue weighted by Crippen LogP contribution is -2.62. The third-order valence-electron chi connectivity index (χ3n) is 4.46. The quantitative estimate of drug-likeness (QED) is 0.821. The van der Waals surface area contributed by atoms with Crippen LogP contribution in [0.15, 0.2) is 18.3 Å². The molecule has 0 saturated carbocycles. The molecule has 2 aliphatic heterocycles. The summed E-state index contributed by atoms with van der Waals surface area (Å²) in [6, 6.07) is 4.51. The fraction of sp³-hybridized carbons (Fsp3) is 0.667. The van der Waals surface area contributed by atoms with E-state index in [-0.39, 0.29) is 5.91 Å². The van der Waals surface area contributed by atoms with E-state index in [2.05, 4.69) is 10.2 Å². The van der Waals surface area contributed by atoms with Crippen molar-refractivity contribution < 1.29 is 9.53 Å². The highest BCUT2D eigenvalue weighted by Gasteiger charge is 2.30. The first kappa shape index (κ1) is 14.6. The molecule has 21 heavy (non-hydrogen) atoms. The molecule has 0 radical (unpaired) electrons. The minimum absolute atomic E-state index is 0.141. The molecule has 2 aliphatic rings. The van der Waals surface area contributed by atoms with Crippen molar-refractivity contribution in [2.24, 2.45) is 0 Å². The molecule has 6 heteroatoms. The summed E-state index contributed by atoms with van der Waals surface area (Å²) < 4.78 is 7.08. The molecule has 3 heterocycles. The highest BCUT2D eigenvalue weighted by Crippen LogP contribution is 2.13. The fourth-order valence-corrected chi connectivity index (χ4v) is 2.98. The zero-order valence-corrected chi connectivity index (χ0v) is 12.6.